The molecule has 2 aliphatic rings. The van der Waals surface area contributed by atoms with Crippen molar-refractivity contribution in [1.82, 2.24) is 10.2 Å². The first-order valence-electron chi connectivity index (χ1n) is 5.36. The highest BCUT2D eigenvalue weighted by Crippen LogP contribution is 2.25. The van der Waals surface area contributed by atoms with E-state index in [0.717, 1.165) is 18.2 Å². The first kappa shape index (κ1) is 10.6. The van der Waals surface area contributed by atoms with Gasteiger partial charge in [-0.3, -0.25) is 0 Å². The molecular weight excluding hydrogens is 212 g/mol. The number of thioether (sulfide) groups is 1. The van der Waals surface area contributed by atoms with E-state index in [2.05, 4.69) is 35.8 Å². The minimum atomic E-state index is 0.683. The Labute approximate surface area is 95.8 Å². The molecule has 2 atom stereocenters. The molecule has 0 bridgehead atoms. The molecule has 1 aliphatic heterocycles. The monoisotopic (exact) mass is 230 g/mol. The fraction of sp³-hybridized carbons (Fsp3) is 0.900. The molecule has 0 amide bonds. The molecule has 1 saturated carbocycles. The van der Waals surface area contributed by atoms with Gasteiger partial charge in [0.05, 0.1) is 0 Å². The van der Waals surface area contributed by atoms with Crippen LogP contribution in [0.4, 0.5) is 0 Å². The first-order valence-corrected chi connectivity index (χ1v) is 6.71. The summed E-state index contributed by atoms with van der Waals surface area (Å²) >= 11 is 7.47. The number of nitrogens with zero attached hydrogens (tertiary/aromatic N) is 1. The van der Waals surface area contributed by atoms with Crippen molar-refractivity contribution >= 4 is 29.1 Å². The smallest absolute Gasteiger partial charge is 0.169 e. The van der Waals surface area contributed by atoms with Gasteiger partial charge in [-0.05, 0) is 25.1 Å². The quantitative estimate of drug-likeness (QED) is 0.691. The third-order valence-electron chi connectivity index (χ3n) is 2.61. The van der Waals surface area contributed by atoms with E-state index in [9.17, 15) is 0 Å². The van der Waals surface area contributed by atoms with Crippen LogP contribution in [0.15, 0.2) is 0 Å². The van der Waals surface area contributed by atoms with Crippen molar-refractivity contribution in [2.45, 2.75) is 43.2 Å². The van der Waals surface area contributed by atoms with Gasteiger partial charge in [0.15, 0.2) is 5.11 Å². The Hall–Kier alpha value is 0.0400. The van der Waals surface area contributed by atoms with E-state index in [1.807, 2.05) is 0 Å². The molecule has 0 aromatic rings. The third-order valence-corrected chi connectivity index (χ3v) is 4.22. The lowest BCUT2D eigenvalue weighted by molar-refractivity contribution is 0.403. The van der Waals surface area contributed by atoms with Crippen LogP contribution < -0.4 is 5.32 Å². The molecule has 1 saturated heterocycles. The normalized spacial score (nSPS) is 32.9. The molecule has 0 spiro atoms. The number of hydrogen-bond acceptors (Lipinski definition) is 2. The van der Waals surface area contributed by atoms with E-state index in [0.29, 0.717) is 16.5 Å². The Morgan fingerprint density at radius 2 is 1.86 bits per heavy atom. The molecule has 0 aromatic carbocycles. The van der Waals surface area contributed by atoms with Crippen LogP contribution in [0.5, 0.6) is 0 Å². The van der Waals surface area contributed by atoms with Crippen molar-refractivity contribution in [1.29, 1.82) is 0 Å². The van der Waals surface area contributed by atoms with E-state index in [1.165, 1.54) is 12.8 Å². The molecular formula is C10H18N2S2. The van der Waals surface area contributed by atoms with Crippen LogP contribution in [-0.2, 0) is 0 Å². The van der Waals surface area contributed by atoms with Gasteiger partial charge in [0, 0.05) is 29.6 Å². The summed E-state index contributed by atoms with van der Waals surface area (Å²) in [5.41, 5.74) is 0. The maximum Gasteiger partial charge on any atom is 0.169 e. The van der Waals surface area contributed by atoms with Crippen molar-refractivity contribution in [2.75, 3.05) is 13.1 Å². The number of thiocarbonyl (C=S) groups is 1. The summed E-state index contributed by atoms with van der Waals surface area (Å²) in [5.74, 6) is 0. The van der Waals surface area contributed by atoms with Crippen molar-refractivity contribution in [3.05, 3.63) is 0 Å². The van der Waals surface area contributed by atoms with E-state index >= 15 is 0 Å². The lowest BCUT2D eigenvalue weighted by atomic mass is 10.3. The highest BCUT2D eigenvalue weighted by Gasteiger charge is 2.27. The number of rotatable bonds is 1. The lowest BCUT2D eigenvalue weighted by Gasteiger charge is -2.36. The summed E-state index contributed by atoms with van der Waals surface area (Å²) in [6, 6.07) is 0.683. The second kappa shape index (κ2) is 4.27. The average Bonchev–Trinajstić information content (AvgIpc) is 2.86. The molecule has 1 N–H and O–H groups in total. The van der Waals surface area contributed by atoms with Crippen LogP contribution in [0.25, 0.3) is 0 Å². The Morgan fingerprint density at radius 1 is 1.29 bits per heavy atom. The number of nitrogens with one attached hydrogen (secondary N) is 1. The maximum atomic E-state index is 5.40. The van der Waals surface area contributed by atoms with Gasteiger partial charge in [-0.15, -0.1) is 0 Å². The largest absolute Gasteiger partial charge is 0.360 e. The first-order chi connectivity index (χ1) is 6.65. The minimum Gasteiger partial charge on any atom is -0.360 e. The summed E-state index contributed by atoms with van der Waals surface area (Å²) in [5, 5.41) is 5.80. The summed E-state index contributed by atoms with van der Waals surface area (Å²) < 4.78 is 0. The second-order valence-corrected chi connectivity index (χ2v) is 6.65. The summed E-state index contributed by atoms with van der Waals surface area (Å²) in [6.07, 6.45) is 2.60. The van der Waals surface area contributed by atoms with Crippen LogP contribution in [-0.4, -0.2) is 39.6 Å². The molecule has 2 unspecified atom stereocenters. The van der Waals surface area contributed by atoms with Gasteiger partial charge in [0.1, 0.15) is 0 Å². The Balaban J connectivity index is 1.85. The van der Waals surface area contributed by atoms with Gasteiger partial charge in [-0.1, -0.05) is 13.8 Å². The summed E-state index contributed by atoms with van der Waals surface area (Å²) in [6.45, 7) is 6.78. The Bertz CT molecular complexity index is 218. The van der Waals surface area contributed by atoms with Gasteiger partial charge < -0.3 is 10.2 Å². The van der Waals surface area contributed by atoms with Crippen molar-refractivity contribution in [2.24, 2.45) is 0 Å². The van der Waals surface area contributed by atoms with Gasteiger partial charge in [-0.25, -0.2) is 0 Å². The molecule has 2 fully saturated rings. The molecule has 0 aromatic heterocycles. The lowest BCUT2D eigenvalue weighted by Crippen LogP contribution is -2.48. The van der Waals surface area contributed by atoms with Crippen LogP contribution in [0.3, 0.4) is 0 Å². The SMILES string of the molecule is CC1CN(C(=S)NC2CC2)CC(C)S1. The second-order valence-electron chi connectivity index (χ2n) is 4.39. The predicted octanol–water partition coefficient (Wildman–Crippen LogP) is 1.85. The Kier molecular flexibility index (Phi) is 3.22. The molecule has 80 valence electrons. The van der Waals surface area contributed by atoms with Gasteiger partial charge >= 0.3 is 0 Å². The van der Waals surface area contributed by atoms with Crippen LogP contribution >= 0.6 is 24.0 Å². The number of hydrogen-bond donors (Lipinski definition) is 1. The highest BCUT2D eigenvalue weighted by atomic mass is 32.2. The molecule has 1 heterocycles. The van der Waals surface area contributed by atoms with E-state index in [1.54, 1.807) is 0 Å². The zero-order valence-corrected chi connectivity index (χ0v) is 10.5. The standard InChI is InChI=1S/C10H18N2S2/c1-7-5-12(6-8(2)14-7)10(13)11-9-3-4-9/h7-9H,3-6H2,1-2H3,(H,11,13). The zero-order valence-electron chi connectivity index (χ0n) is 8.82. The third kappa shape index (κ3) is 2.76. The van der Waals surface area contributed by atoms with E-state index < -0.39 is 0 Å². The summed E-state index contributed by atoms with van der Waals surface area (Å²) in [7, 11) is 0. The van der Waals surface area contributed by atoms with Crippen molar-refractivity contribution in [3.63, 3.8) is 0 Å². The van der Waals surface area contributed by atoms with Crippen LogP contribution in [0, 0.1) is 0 Å². The zero-order chi connectivity index (χ0) is 10.1. The predicted molar refractivity (Wildman–Crippen MR) is 66.8 cm³/mol. The molecule has 2 nitrogen and oxygen atoms in total. The fourth-order valence-corrected chi connectivity index (χ4v) is 3.48. The van der Waals surface area contributed by atoms with Crippen molar-refractivity contribution in [3.8, 4) is 0 Å². The molecule has 0 radical (unpaired) electrons. The van der Waals surface area contributed by atoms with E-state index in [4.69, 9.17) is 12.2 Å². The van der Waals surface area contributed by atoms with Crippen LogP contribution in [0.2, 0.25) is 0 Å². The molecule has 2 rings (SSSR count). The molecule has 4 heteroatoms. The van der Waals surface area contributed by atoms with Crippen LogP contribution in [0.1, 0.15) is 26.7 Å². The minimum absolute atomic E-state index is 0.683. The highest BCUT2D eigenvalue weighted by molar-refractivity contribution is 8.00. The fourth-order valence-electron chi connectivity index (χ4n) is 1.84. The van der Waals surface area contributed by atoms with Gasteiger partial charge in [0.25, 0.3) is 0 Å². The summed E-state index contributed by atoms with van der Waals surface area (Å²) in [4.78, 5) is 2.33. The topological polar surface area (TPSA) is 15.3 Å². The average molecular weight is 230 g/mol. The Morgan fingerprint density at radius 3 is 2.36 bits per heavy atom. The maximum absolute atomic E-state index is 5.40. The van der Waals surface area contributed by atoms with Gasteiger partial charge in [0.2, 0.25) is 0 Å². The van der Waals surface area contributed by atoms with Crippen molar-refractivity contribution < 1.29 is 0 Å². The molecule has 1 aliphatic carbocycles. The van der Waals surface area contributed by atoms with Gasteiger partial charge in [-0.2, -0.15) is 11.8 Å². The molecule has 14 heavy (non-hydrogen) atoms. The van der Waals surface area contributed by atoms with E-state index in [-0.39, 0.29) is 0 Å².